The van der Waals surface area contributed by atoms with Crippen molar-refractivity contribution in [2.24, 2.45) is 0 Å². The van der Waals surface area contributed by atoms with Crippen LogP contribution in [0.1, 0.15) is 25.7 Å². The minimum absolute atomic E-state index is 0.0128. The lowest BCUT2D eigenvalue weighted by atomic mass is 9.99. The number of rotatable bonds is 5. The lowest BCUT2D eigenvalue weighted by Crippen LogP contribution is -2.50. The number of nitrogens with zero attached hydrogens (tertiary/aromatic N) is 4. The topological polar surface area (TPSA) is 92.9 Å². The van der Waals surface area contributed by atoms with E-state index in [0.717, 1.165) is 31.2 Å². The summed E-state index contributed by atoms with van der Waals surface area (Å²) in [5, 5.41) is 28.3. The summed E-state index contributed by atoms with van der Waals surface area (Å²) in [5.41, 5.74) is 0.433. The fourth-order valence-electron chi connectivity index (χ4n) is 2.66. The van der Waals surface area contributed by atoms with E-state index >= 15 is 0 Å². The Morgan fingerprint density at radius 2 is 2.29 bits per heavy atom. The summed E-state index contributed by atoms with van der Waals surface area (Å²) in [6, 6.07) is 1.91. The highest BCUT2D eigenvalue weighted by Gasteiger charge is 2.34. The molecule has 1 aliphatic carbocycles. The number of aromatic nitrogens is 4. The summed E-state index contributed by atoms with van der Waals surface area (Å²) in [7, 11) is 0. The van der Waals surface area contributed by atoms with Crippen LogP contribution in [0.25, 0.3) is 11.4 Å². The van der Waals surface area contributed by atoms with Crippen LogP contribution in [0.15, 0.2) is 16.8 Å². The molecule has 1 aliphatic rings. The van der Waals surface area contributed by atoms with Crippen LogP contribution >= 0.6 is 11.3 Å². The molecule has 0 aromatic carbocycles. The van der Waals surface area contributed by atoms with Gasteiger partial charge in [-0.05, 0) is 29.5 Å². The van der Waals surface area contributed by atoms with E-state index in [0.29, 0.717) is 5.82 Å². The second-order valence-corrected chi connectivity index (χ2v) is 6.13. The normalized spacial score (nSPS) is 17.0. The smallest absolute Gasteiger partial charge is 0.244 e. The number of nitrogens with one attached hydrogen (secondary N) is 1. The first-order valence-corrected chi connectivity index (χ1v) is 7.87. The van der Waals surface area contributed by atoms with E-state index < -0.39 is 5.54 Å². The van der Waals surface area contributed by atoms with E-state index in [1.54, 1.807) is 11.3 Å². The molecule has 112 valence electrons. The highest BCUT2D eigenvalue weighted by molar-refractivity contribution is 7.08. The predicted molar refractivity (Wildman–Crippen MR) is 77.6 cm³/mol. The molecule has 0 unspecified atom stereocenters. The number of amides is 1. The predicted octanol–water partition coefficient (Wildman–Crippen LogP) is 0.823. The third-order valence-corrected chi connectivity index (χ3v) is 4.47. The van der Waals surface area contributed by atoms with E-state index in [1.807, 2.05) is 16.8 Å². The zero-order chi connectivity index (χ0) is 14.7. The number of tetrazole rings is 1. The molecule has 0 atom stereocenters. The van der Waals surface area contributed by atoms with Crippen molar-refractivity contribution in [2.45, 2.75) is 37.8 Å². The van der Waals surface area contributed by atoms with Crippen LogP contribution in [0.3, 0.4) is 0 Å². The number of aliphatic hydroxyl groups is 1. The maximum Gasteiger partial charge on any atom is 0.244 e. The number of aliphatic hydroxyl groups excluding tert-OH is 1. The quantitative estimate of drug-likeness (QED) is 0.853. The van der Waals surface area contributed by atoms with Gasteiger partial charge in [-0.2, -0.15) is 16.1 Å². The van der Waals surface area contributed by atoms with Gasteiger partial charge in [-0.1, -0.05) is 12.8 Å². The molecular formula is C13H17N5O2S. The van der Waals surface area contributed by atoms with E-state index in [1.165, 1.54) is 4.80 Å². The summed E-state index contributed by atoms with van der Waals surface area (Å²) < 4.78 is 0. The molecule has 0 saturated heterocycles. The first-order chi connectivity index (χ1) is 10.2. The molecular weight excluding hydrogens is 290 g/mol. The highest BCUT2D eigenvalue weighted by atomic mass is 32.1. The average molecular weight is 307 g/mol. The van der Waals surface area contributed by atoms with Gasteiger partial charge in [-0.3, -0.25) is 4.79 Å². The van der Waals surface area contributed by atoms with Gasteiger partial charge in [0.1, 0.15) is 6.54 Å². The summed E-state index contributed by atoms with van der Waals surface area (Å²) >= 11 is 1.56. The zero-order valence-electron chi connectivity index (χ0n) is 11.5. The Kier molecular flexibility index (Phi) is 3.98. The number of thiophene rings is 1. The number of carbonyl (C=O) groups excluding carboxylic acids is 1. The van der Waals surface area contributed by atoms with Gasteiger partial charge in [-0.25, -0.2) is 0 Å². The van der Waals surface area contributed by atoms with Gasteiger partial charge in [0.2, 0.25) is 11.7 Å². The summed E-state index contributed by atoms with van der Waals surface area (Å²) in [4.78, 5) is 13.4. The van der Waals surface area contributed by atoms with Gasteiger partial charge in [0.25, 0.3) is 0 Å². The van der Waals surface area contributed by atoms with E-state index in [2.05, 4.69) is 20.7 Å². The van der Waals surface area contributed by atoms with Gasteiger partial charge in [0.05, 0.1) is 12.1 Å². The van der Waals surface area contributed by atoms with Crippen LogP contribution in [-0.2, 0) is 11.3 Å². The average Bonchev–Trinajstić information content (AvgIpc) is 3.19. The molecule has 21 heavy (non-hydrogen) atoms. The standard InChI is InChI=1S/C13H17N5O2S/c19-9-13(4-1-2-5-13)14-11(20)7-18-16-12(15-17-18)10-3-6-21-8-10/h3,6,8,19H,1-2,4-5,7,9H2,(H,14,20). The molecule has 1 saturated carbocycles. The zero-order valence-corrected chi connectivity index (χ0v) is 12.3. The summed E-state index contributed by atoms with van der Waals surface area (Å²) in [6.07, 6.45) is 3.70. The van der Waals surface area contributed by atoms with Gasteiger partial charge >= 0.3 is 0 Å². The molecule has 7 nitrogen and oxygen atoms in total. The molecule has 1 fully saturated rings. The van der Waals surface area contributed by atoms with Gasteiger partial charge in [-0.15, -0.1) is 10.2 Å². The van der Waals surface area contributed by atoms with Crippen molar-refractivity contribution in [1.29, 1.82) is 0 Å². The highest BCUT2D eigenvalue weighted by Crippen LogP contribution is 2.29. The first kappa shape index (κ1) is 14.2. The minimum atomic E-state index is -0.464. The van der Waals surface area contributed by atoms with Gasteiger partial charge in [0, 0.05) is 10.9 Å². The second kappa shape index (κ2) is 5.90. The van der Waals surface area contributed by atoms with Crippen LogP contribution in [-0.4, -0.2) is 43.4 Å². The van der Waals surface area contributed by atoms with Crippen LogP contribution < -0.4 is 5.32 Å². The fraction of sp³-hybridized carbons (Fsp3) is 0.538. The molecule has 3 rings (SSSR count). The molecule has 2 heterocycles. The van der Waals surface area contributed by atoms with E-state index in [9.17, 15) is 9.90 Å². The third-order valence-electron chi connectivity index (χ3n) is 3.79. The van der Waals surface area contributed by atoms with Crippen molar-refractivity contribution < 1.29 is 9.90 Å². The molecule has 1 amide bonds. The van der Waals surface area contributed by atoms with Crippen molar-refractivity contribution in [3.8, 4) is 11.4 Å². The van der Waals surface area contributed by atoms with Crippen molar-refractivity contribution >= 4 is 17.2 Å². The molecule has 2 N–H and O–H groups in total. The van der Waals surface area contributed by atoms with Crippen LogP contribution in [0.4, 0.5) is 0 Å². The van der Waals surface area contributed by atoms with Crippen molar-refractivity contribution in [1.82, 2.24) is 25.5 Å². The molecule has 0 radical (unpaired) electrons. The van der Waals surface area contributed by atoms with Crippen LogP contribution in [0, 0.1) is 0 Å². The number of carbonyl (C=O) groups is 1. The Hall–Kier alpha value is -1.80. The van der Waals surface area contributed by atoms with Crippen LogP contribution in [0.5, 0.6) is 0 Å². The fourth-order valence-corrected chi connectivity index (χ4v) is 3.29. The third kappa shape index (κ3) is 3.11. The molecule has 0 bridgehead atoms. The minimum Gasteiger partial charge on any atom is -0.394 e. The lowest BCUT2D eigenvalue weighted by molar-refractivity contribution is -0.124. The molecule has 0 aliphatic heterocycles. The monoisotopic (exact) mass is 307 g/mol. The second-order valence-electron chi connectivity index (χ2n) is 5.35. The van der Waals surface area contributed by atoms with Crippen LogP contribution in [0.2, 0.25) is 0 Å². The Morgan fingerprint density at radius 3 is 2.95 bits per heavy atom. The van der Waals surface area contributed by atoms with Crippen molar-refractivity contribution in [3.05, 3.63) is 16.8 Å². The van der Waals surface area contributed by atoms with Gasteiger partial charge < -0.3 is 10.4 Å². The maximum atomic E-state index is 12.1. The Labute approximate surface area is 126 Å². The molecule has 8 heteroatoms. The Morgan fingerprint density at radius 1 is 1.48 bits per heavy atom. The molecule has 2 aromatic rings. The Balaban J connectivity index is 1.62. The van der Waals surface area contributed by atoms with E-state index in [4.69, 9.17) is 0 Å². The Bertz CT molecular complexity index is 604. The lowest BCUT2D eigenvalue weighted by Gasteiger charge is -2.27. The van der Waals surface area contributed by atoms with Gasteiger partial charge in [0.15, 0.2) is 0 Å². The largest absolute Gasteiger partial charge is 0.394 e. The molecule has 0 spiro atoms. The number of hydrogen-bond acceptors (Lipinski definition) is 6. The van der Waals surface area contributed by atoms with Crippen molar-refractivity contribution in [3.63, 3.8) is 0 Å². The summed E-state index contributed by atoms with van der Waals surface area (Å²) in [6.45, 7) is -0.0113. The first-order valence-electron chi connectivity index (χ1n) is 6.93. The number of hydrogen-bond donors (Lipinski definition) is 2. The SMILES string of the molecule is O=C(Cn1nnc(-c2ccsc2)n1)NC1(CO)CCCC1. The van der Waals surface area contributed by atoms with E-state index in [-0.39, 0.29) is 19.1 Å². The maximum absolute atomic E-state index is 12.1. The summed E-state index contributed by atoms with van der Waals surface area (Å²) in [5.74, 6) is 0.321. The molecule has 2 aromatic heterocycles. The van der Waals surface area contributed by atoms with Crippen molar-refractivity contribution in [2.75, 3.05) is 6.61 Å².